The maximum absolute atomic E-state index is 12.6. The lowest BCUT2D eigenvalue weighted by atomic mass is 10.1. The molecule has 3 aromatic rings. The summed E-state index contributed by atoms with van der Waals surface area (Å²) in [4.78, 5) is 3.54. The lowest BCUT2D eigenvalue weighted by molar-refractivity contribution is 0.415. The summed E-state index contributed by atoms with van der Waals surface area (Å²) >= 11 is 0. The van der Waals surface area contributed by atoms with E-state index in [2.05, 4.69) is 9.71 Å². The SMILES string of the molecule is COc1ccc2[nH]cc(CCNS(=O)(=O)c3cc(C)ccc3C)c2c1. The van der Waals surface area contributed by atoms with E-state index in [1.54, 1.807) is 20.1 Å². The number of H-pyrrole nitrogens is 1. The van der Waals surface area contributed by atoms with Crippen molar-refractivity contribution >= 4 is 20.9 Å². The van der Waals surface area contributed by atoms with Crippen LogP contribution in [0, 0.1) is 13.8 Å². The maximum Gasteiger partial charge on any atom is 0.240 e. The van der Waals surface area contributed by atoms with Crippen molar-refractivity contribution in [3.8, 4) is 5.75 Å². The molecule has 25 heavy (non-hydrogen) atoms. The van der Waals surface area contributed by atoms with Gasteiger partial charge in [0.2, 0.25) is 10.0 Å². The number of fused-ring (bicyclic) bond motifs is 1. The van der Waals surface area contributed by atoms with Gasteiger partial charge >= 0.3 is 0 Å². The molecule has 0 saturated carbocycles. The predicted molar refractivity (Wildman–Crippen MR) is 99.7 cm³/mol. The van der Waals surface area contributed by atoms with Gasteiger partial charge in [0.1, 0.15) is 5.75 Å². The van der Waals surface area contributed by atoms with E-state index in [4.69, 9.17) is 4.74 Å². The Hall–Kier alpha value is -2.31. The number of ether oxygens (including phenoxy) is 1. The molecule has 3 rings (SSSR count). The Morgan fingerprint density at radius 1 is 1.12 bits per heavy atom. The van der Waals surface area contributed by atoms with Crippen molar-refractivity contribution in [2.45, 2.75) is 25.2 Å². The quantitative estimate of drug-likeness (QED) is 0.710. The second-order valence-electron chi connectivity index (χ2n) is 6.14. The van der Waals surface area contributed by atoms with Crippen LogP contribution in [0.2, 0.25) is 0 Å². The van der Waals surface area contributed by atoms with Gasteiger partial charge in [0.05, 0.1) is 12.0 Å². The smallest absolute Gasteiger partial charge is 0.240 e. The van der Waals surface area contributed by atoms with E-state index in [0.29, 0.717) is 17.9 Å². The van der Waals surface area contributed by atoms with Crippen LogP contribution in [0.25, 0.3) is 10.9 Å². The Balaban J connectivity index is 1.75. The van der Waals surface area contributed by atoms with Crippen molar-refractivity contribution in [2.24, 2.45) is 0 Å². The van der Waals surface area contributed by atoms with Crippen LogP contribution in [0.1, 0.15) is 16.7 Å². The van der Waals surface area contributed by atoms with Gasteiger partial charge < -0.3 is 9.72 Å². The van der Waals surface area contributed by atoms with E-state index in [-0.39, 0.29) is 0 Å². The van der Waals surface area contributed by atoms with Crippen LogP contribution in [0.3, 0.4) is 0 Å². The zero-order valence-electron chi connectivity index (χ0n) is 14.6. The molecule has 0 saturated heterocycles. The number of aromatic amines is 1. The molecule has 0 atom stereocenters. The molecule has 0 bridgehead atoms. The second kappa shape index (κ2) is 6.90. The average molecular weight is 358 g/mol. The van der Waals surface area contributed by atoms with E-state index in [1.165, 1.54) is 0 Å². The molecule has 2 N–H and O–H groups in total. The molecule has 1 aromatic heterocycles. The fourth-order valence-electron chi connectivity index (χ4n) is 2.89. The predicted octanol–water partition coefficient (Wildman–Crippen LogP) is 3.31. The van der Waals surface area contributed by atoms with E-state index in [1.807, 2.05) is 43.5 Å². The standard InChI is InChI=1S/C19H22N2O3S/c1-13-4-5-14(2)19(10-13)25(22,23)21-9-8-15-12-20-18-7-6-16(24-3)11-17(15)18/h4-7,10-12,20-21H,8-9H2,1-3H3. The molecule has 0 amide bonds. The number of hydrogen-bond donors (Lipinski definition) is 2. The van der Waals surface area contributed by atoms with Crippen LogP contribution >= 0.6 is 0 Å². The first-order chi connectivity index (χ1) is 11.9. The molecule has 0 aliphatic carbocycles. The Bertz CT molecular complexity index is 1010. The number of benzene rings is 2. The number of rotatable bonds is 6. The normalized spacial score (nSPS) is 11.8. The number of sulfonamides is 1. The number of nitrogens with one attached hydrogen (secondary N) is 2. The largest absolute Gasteiger partial charge is 0.497 e. The molecule has 2 aromatic carbocycles. The van der Waals surface area contributed by atoms with Crippen LogP contribution in [0.4, 0.5) is 0 Å². The van der Waals surface area contributed by atoms with Crippen LogP contribution in [0.15, 0.2) is 47.5 Å². The van der Waals surface area contributed by atoms with Crippen molar-refractivity contribution in [2.75, 3.05) is 13.7 Å². The molecular weight excluding hydrogens is 336 g/mol. The van der Waals surface area contributed by atoms with Gasteiger partial charge in [-0.25, -0.2) is 13.1 Å². The molecule has 0 fully saturated rings. The van der Waals surface area contributed by atoms with Crippen molar-refractivity contribution in [3.63, 3.8) is 0 Å². The highest BCUT2D eigenvalue weighted by atomic mass is 32.2. The van der Waals surface area contributed by atoms with Crippen LogP contribution < -0.4 is 9.46 Å². The van der Waals surface area contributed by atoms with Gasteiger partial charge in [-0.2, -0.15) is 0 Å². The highest BCUT2D eigenvalue weighted by Crippen LogP contribution is 2.24. The lowest BCUT2D eigenvalue weighted by Crippen LogP contribution is -2.26. The molecule has 5 nitrogen and oxygen atoms in total. The summed E-state index contributed by atoms with van der Waals surface area (Å²) in [6.45, 7) is 4.03. The number of hydrogen-bond acceptors (Lipinski definition) is 3. The fourth-order valence-corrected chi connectivity index (χ4v) is 4.25. The number of aromatic nitrogens is 1. The van der Waals surface area contributed by atoms with E-state index >= 15 is 0 Å². The van der Waals surface area contributed by atoms with Gasteiger partial charge in [0, 0.05) is 23.6 Å². The summed E-state index contributed by atoms with van der Waals surface area (Å²) in [6, 6.07) is 11.3. The minimum Gasteiger partial charge on any atom is -0.497 e. The van der Waals surface area contributed by atoms with Gasteiger partial charge in [-0.15, -0.1) is 0 Å². The van der Waals surface area contributed by atoms with Crippen molar-refractivity contribution in [1.82, 2.24) is 9.71 Å². The molecule has 0 aliphatic heterocycles. The van der Waals surface area contributed by atoms with Crippen LogP contribution in [-0.4, -0.2) is 27.1 Å². The van der Waals surface area contributed by atoms with Crippen molar-refractivity contribution in [1.29, 1.82) is 0 Å². The summed E-state index contributed by atoms with van der Waals surface area (Å²) in [7, 11) is -1.89. The van der Waals surface area contributed by atoms with Gasteiger partial charge in [-0.3, -0.25) is 0 Å². The topological polar surface area (TPSA) is 71.2 Å². The van der Waals surface area contributed by atoms with E-state index < -0.39 is 10.0 Å². The van der Waals surface area contributed by atoms with Crippen LogP contribution in [-0.2, 0) is 16.4 Å². The molecule has 132 valence electrons. The summed E-state index contributed by atoms with van der Waals surface area (Å²) < 4.78 is 33.1. The van der Waals surface area contributed by atoms with E-state index in [9.17, 15) is 8.42 Å². The fraction of sp³-hybridized carbons (Fsp3) is 0.263. The summed E-state index contributed by atoms with van der Waals surface area (Å²) in [5.41, 5.74) is 3.73. The summed E-state index contributed by atoms with van der Waals surface area (Å²) in [6.07, 6.45) is 2.51. The third-order valence-electron chi connectivity index (χ3n) is 4.29. The zero-order chi connectivity index (χ0) is 18.0. The monoisotopic (exact) mass is 358 g/mol. The molecule has 6 heteroatoms. The van der Waals surface area contributed by atoms with Crippen LogP contribution in [0.5, 0.6) is 5.75 Å². The minimum absolute atomic E-state index is 0.333. The van der Waals surface area contributed by atoms with Gasteiger partial charge in [0.15, 0.2) is 0 Å². The van der Waals surface area contributed by atoms with Gasteiger partial charge in [0.25, 0.3) is 0 Å². The number of aryl methyl sites for hydroxylation is 2. The highest BCUT2D eigenvalue weighted by molar-refractivity contribution is 7.89. The Kier molecular flexibility index (Phi) is 4.83. The molecule has 0 radical (unpaired) electrons. The second-order valence-corrected chi connectivity index (χ2v) is 7.88. The molecule has 1 heterocycles. The molecular formula is C19H22N2O3S. The summed E-state index contributed by atoms with van der Waals surface area (Å²) in [5, 5.41) is 1.05. The number of methoxy groups -OCH3 is 1. The third-order valence-corrected chi connectivity index (χ3v) is 5.90. The summed E-state index contributed by atoms with van der Waals surface area (Å²) in [5.74, 6) is 0.782. The lowest BCUT2D eigenvalue weighted by Gasteiger charge is -2.10. The Labute approximate surface area is 148 Å². The molecule has 0 aliphatic rings. The van der Waals surface area contributed by atoms with Crippen molar-refractivity contribution < 1.29 is 13.2 Å². The Morgan fingerprint density at radius 2 is 1.92 bits per heavy atom. The first-order valence-corrected chi connectivity index (χ1v) is 9.60. The van der Waals surface area contributed by atoms with E-state index in [0.717, 1.165) is 33.3 Å². The van der Waals surface area contributed by atoms with Crippen molar-refractivity contribution in [3.05, 3.63) is 59.3 Å². The third kappa shape index (κ3) is 3.70. The Morgan fingerprint density at radius 3 is 2.68 bits per heavy atom. The first-order valence-electron chi connectivity index (χ1n) is 8.11. The molecule has 0 unspecified atom stereocenters. The zero-order valence-corrected chi connectivity index (χ0v) is 15.4. The first kappa shape index (κ1) is 17.5. The average Bonchev–Trinajstić information content (AvgIpc) is 2.99. The highest BCUT2D eigenvalue weighted by Gasteiger charge is 2.16. The minimum atomic E-state index is -3.52. The van der Waals surface area contributed by atoms with Gasteiger partial charge in [-0.1, -0.05) is 12.1 Å². The maximum atomic E-state index is 12.6. The van der Waals surface area contributed by atoms with Gasteiger partial charge in [-0.05, 0) is 61.2 Å². The molecule has 0 spiro atoms.